The van der Waals surface area contributed by atoms with E-state index in [-0.39, 0.29) is 23.8 Å². The largest absolute Gasteiger partial charge is 0.493 e. The molecule has 1 spiro atoms. The van der Waals surface area contributed by atoms with Crippen molar-refractivity contribution in [3.8, 4) is 5.75 Å². The second kappa shape index (κ2) is 5.99. The van der Waals surface area contributed by atoms with E-state index in [4.69, 9.17) is 9.47 Å². The highest BCUT2D eigenvalue weighted by Crippen LogP contribution is 2.61. The molecule has 0 aromatic heterocycles. The first-order valence-corrected chi connectivity index (χ1v) is 9.28. The lowest BCUT2D eigenvalue weighted by atomic mass is 9.84. The van der Waals surface area contributed by atoms with Crippen LogP contribution in [0.4, 0.5) is 0 Å². The van der Waals surface area contributed by atoms with Crippen LogP contribution in [0.2, 0.25) is 0 Å². The molecule has 0 bridgehead atoms. The average Bonchev–Trinajstić information content (AvgIpc) is 3.14. The third kappa shape index (κ3) is 2.74. The van der Waals surface area contributed by atoms with Crippen LogP contribution in [0.25, 0.3) is 0 Å². The zero-order valence-corrected chi connectivity index (χ0v) is 15.0. The van der Waals surface area contributed by atoms with E-state index >= 15 is 0 Å². The molecule has 3 atom stereocenters. The fraction of sp³-hybridized carbons (Fsp3) is 0.650. The highest BCUT2D eigenvalue weighted by Gasteiger charge is 2.61. The van der Waals surface area contributed by atoms with Crippen LogP contribution in [-0.2, 0) is 14.9 Å². The van der Waals surface area contributed by atoms with Crippen LogP contribution >= 0.6 is 0 Å². The van der Waals surface area contributed by atoms with Crippen molar-refractivity contribution in [2.75, 3.05) is 26.4 Å². The van der Waals surface area contributed by atoms with E-state index < -0.39 is 5.54 Å². The number of aliphatic hydroxyl groups is 1. The molecule has 2 heterocycles. The summed E-state index contributed by atoms with van der Waals surface area (Å²) in [6, 6.07) is 6.41. The third-order valence-corrected chi connectivity index (χ3v) is 6.20. The molecule has 3 aliphatic rings. The quantitative estimate of drug-likeness (QED) is 0.877. The molecule has 2 aliphatic heterocycles. The maximum absolute atomic E-state index is 12.9. The van der Waals surface area contributed by atoms with Gasteiger partial charge in [-0.2, -0.15) is 0 Å². The number of ether oxygens (including phenoxy) is 2. The summed E-state index contributed by atoms with van der Waals surface area (Å²) in [5, 5.41) is 12.8. The number of amides is 1. The Morgan fingerprint density at radius 2 is 2.20 bits per heavy atom. The van der Waals surface area contributed by atoms with E-state index in [9.17, 15) is 9.90 Å². The highest BCUT2D eigenvalue weighted by atomic mass is 16.5. The minimum atomic E-state index is -0.603. The maximum Gasteiger partial charge on any atom is 0.224 e. The average molecular weight is 345 g/mol. The zero-order chi connectivity index (χ0) is 17.7. The van der Waals surface area contributed by atoms with Crippen LogP contribution in [0.5, 0.6) is 5.75 Å². The van der Waals surface area contributed by atoms with Gasteiger partial charge in [-0.3, -0.25) is 4.79 Å². The lowest BCUT2D eigenvalue weighted by Gasteiger charge is -2.30. The van der Waals surface area contributed by atoms with Gasteiger partial charge in [0.1, 0.15) is 5.75 Å². The van der Waals surface area contributed by atoms with Gasteiger partial charge in [-0.25, -0.2) is 0 Å². The van der Waals surface area contributed by atoms with Gasteiger partial charge in [-0.05, 0) is 36.8 Å². The molecule has 5 heteroatoms. The molecule has 1 aliphatic carbocycles. The molecule has 0 unspecified atom stereocenters. The predicted octanol–water partition coefficient (Wildman–Crippen LogP) is 2.12. The monoisotopic (exact) mass is 345 g/mol. The fourth-order valence-corrected chi connectivity index (χ4v) is 4.34. The van der Waals surface area contributed by atoms with Gasteiger partial charge >= 0.3 is 0 Å². The smallest absolute Gasteiger partial charge is 0.224 e. The van der Waals surface area contributed by atoms with E-state index in [1.165, 1.54) is 11.1 Å². The minimum absolute atomic E-state index is 0.0402. The Hall–Kier alpha value is -1.59. The maximum atomic E-state index is 12.9. The van der Waals surface area contributed by atoms with Crippen molar-refractivity contribution in [3.63, 3.8) is 0 Å². The van der Waals surface area contributed by atoms with E-state index in [1.54, 1.807) is 0 Å². The molecule has 2 fully saturated rings. The van der Waals surface area contributed by atoms with E-state index in [1.807, 2.05) is 0 Å². The molecule has 5 nitrogen and oxygen atoms in total. The first-order chi connectivity index (χ1) is 12.0. The Balaban J connectivity index is 1.57. The van der Waals surface area contributed by atoms with Gasteiger partial charge in [0.15, 0.2) is 0 Å². The van der Waals surface area contributed by atoms with Crippen molar-refractivity contribution in [1.82, 2.24) is 5.32 Å². The van der Waals surface area contributed by atoms with E-state index in [0.29, 0.717) is 32.2 Å². The number of hydrogen-bond donors (Lipinski definition) is 2. The summed E-state index contributed by atoms with van der Waals surface area (Å²) >= 11 is 0. The third-order valence-electron chi connectivity index (χ3n) is 6.20. The van der Waals surface area contributed by atoms with Gasteiger partial charge in [0.2, 0.25) is 5.91 Å². The summed E-state index contributed by atoms with van der Waals surface area (Å²) in [7, 11) is 0. The number of rotatable bonds is 4. The number of aliphatic hydroxyl groups excluding tert-OH is 1. The molecule has 1 amide bonds. The summed E-state index contributed by atoms with van der Waals surface area (Å²) in [4.78, 5) is 12.9. The van der Waals surface area contributed by atoms with Crippen LogP contribution < -0.4 is 10.1 Å². The van der Waals surface area contributed by atoms with Crippen molar-refractivity contribution in [2.24, 2.45) is 5.92 Å². The Morgan fingerprint density at radius 1 is 1.36 bits per heavy atom. The molecular weight excluding hydrogens is 318 g/mol. The zero-order valence-electron chi connectivity index (χ0n) is 15.0. The van der Waals surface area contributed by atoms with Crippen LogP contribution in [0.3, 0.4) is 0 Å². The molecule has 136 valence electrons. The lowest BCUT2D eigenvalue weighted by Crippen LogP contribution is -2.53. The van der Waals surface area contributed by atoms with Gasteiger partial charge in [-0.15, -0.1) is 0 Å². The predicted molar refractivity (Wildman–Crippen MR) is 93.8 cm³/mol. The van der Waals surface area contributed by atoms with Gasteiger partial charge in [0.05, 0.1) is 25.4 Å². The Bertz CT molecular complexity index is 680. The van der Waals surface area contributed by atoms with E-state index in [2.05, 4.69) is 37.4 Å². The van der Waals surface area contributed by atoms with Crippen molar-refractivity contribution in [3.05, 3.63) is 29.3 Å². The first-order valence-electron chi connectivity index (χ1n) is 9.28. The van der Waals surface area contributed by atoms with Crippen LogP contribution in [0, 0.1) is 5.92 Å². The van der Waals surface area contributed by atoms with Gasteiger partial charge in [-0.1, -0.05) is 26.0 Å². The lowest BCUT2D eigenvalue weighted by molar-refractivity contribution is -0.125. The normalized spacial score (nSPS) is 33.2. The van der Waals surface area contributed by atoms with Crippen LogP contribution in [-0.4, -0.2) is 43.0 Å². The van der Waals surface area contributed by atoms with Gasteiger partial charge in [0, 0.05) is 23.5 Å². The Kier molecular flexibility index (Phi) is 4.04. The van der Waals surface area contributed by atoms with Crippen molar-refractivity contribution < 1.29 is 19.4 Å². The number of hydrogen-bond acceptors (Lipinski definition) is 4. The second-order valence-corrected chi connectivity index (χ2v) is 8.15. The highest BCUT2D eigenvalue weighted by molar-refractivity contribution is 5.85. The second-order valence-electron chi connectivity index (χ2n) is 8.15. The molecule has 1 aromatic carbocycles. The number of benzene rings is 1. The summed E-state index contributed by atoms with van der Waals surface area (Å²) < 4.78 is 11.2. The molecule has 4 rings (SSSR count). The Labute approximate surface area is 148 Å². The molecule has 1 aromatic rings. The minimum Gasteiger partial charge on any atom is -0.493 e. The SMILES string of the molecule is CC(C)c1ccc2c(c1)[C@]1(CCO2)C[C@H]1C(=O)N[C@]1(CO)CCOC1. The van der Waals surface area contributed by atoms with Crippen LogP contribution in [0.15, 0.2) is 18.2 Å². The number of carbonyl (C=O) groups excluding carboxylic acids is 1. The summed E-state index contributed by atoms with van der Waals surface area (Å²) in [6.07, 6.45) is 2.41. The topological polar surface area (TPSA) is 67.8 Å². The van der Waals surface area contributed by atoms with Crippen LogP contribution in [0.1, 0.15) is 50.2 Å². The molecule has 1 saturated heterocycles. The fourth-order valence-electron chi connectivity index (χ4n) is 4.34. The summed E-state index contributed by atoms with van der Waals surface area (Å²) in [5.74, 6) is 1.37. The number of nitrogens with one attached hydrogen (secondary N) is 1. The van der Waals surface area contributed by atoms with E-state index in [0.717, 1.165) is 18.6 Å². The molecule has 0 radical (unpaired) electrons. The standard InChI is InChI=1S/C20H27NO4/c1-13(2)14-3-4-17-15(9-14)20(6-8-25-17)10-16(20)18(23)21-19(11-22)5-7-24-12-19/h3-4,9,13,16,22H,5-8,10-12H2,1-2H3,(H,21,23)/t16-,19-,20-/m0/s1. The van der Waals surface area contributed by atoms with Crippen molar-refractivity contribution in [2.45, 2.75) is 50.0 Å². The molecule has 2 N–H and O–H groups in total. The molecule has 1 saturated carbocycles. The molecular formula is C20H27NO4. The number of fused-ring (bicyclic) bond motifs is 2. The van der Waals surface area contributed by atoms with Crippen molar-refractivity contribution in [1.29, 1.82) is 0 Å². The first kappa shape index (κ1) is 16.9. The van der Waals surface area contributed by atoms with Gasteiger partial charge < -0.3 is 19.9 Å². The summed E-state index contributed by atoms with van der Waals surface area (Å²) in [6.45, 7) is 5.93. The van der Waals surface area contributed by atoms with Gasteiger partial charge in [0.25, 0.3) is 0 Å². The summed E-state index contributed by atoms with van der Waals surface area (Å²) in [5.41, 5.74) is 1.77. The van der Waals surface area contributed by atoms with Crippen molar-refractivity contribution >= 4 is 5.91 Å². The molecule has 25 heavy (non-hydrogen) atoms. The number of carbonyl (C=O) groups is 1. The Morgan fingerprint density at radius 3 is 2.88 bits per heavy atom.